The molecule has 0 saturated carbocycles. The first kappa shape index (κ1) is 14.8. The van der Waals surface area contributed by atoms with Crippen molar-refractivity contribution < 1.29 is 9.59 Å². The van der Waals surface area contributed by atoms with Crippen molar-refractivity contribution in [3.05, 3.63) is 22.8 Å². The zero-order valence-corrected chi connectivity index (χ0v) is 13.0. The van der Waals surface area contributed by atoms with Gasteiger partial charge < -0.3 is 10.2 Å². The first-order valence-corrected chi connectivity index (χ1v) is 7.23. The highest BCUT2D eigenvalue weighted by Gasteiger charge is 2.31. The third-order valence-corrected chi connectivity index (χ3v) is 3.56. The van der Waals surface area contributed by atoms with Gasteiger partial charge in [-0.1, -0.05) is 0 Å². The minimum absolute atomic E-state index is 0.0760. The summed E-state index contributed by atoms with van der Waals surface area (Å²) >= 11 is 3.28. The zero-order valence-electron chi connectivity index (χ0n) is 11.4. The van der Waals surface area contributed by atoms with Crippen molar-refractivity contribution in [2.45, 2.75) is 32.4 Å². The van der Waals surface area contributed by atoms with Crippen LogP contribution in [0.25, 0.3) is 0 Å². The Hall–Kier alpha value is -1.63. The molecule has 1 unspecified atom stereocenters. The maximum absolute atomic E-state index is 11.8. The number of likely N-dealkylation sites (tertiary alicyclic amines) is 1. The molecule has 1 aromatic rings. The van der Waals surface area contributed by atoms with E-state index in [0.717, 1.165) is 4.47 Å². The van der Waals surface area contributed by atoms with Crippen molar-refractivity contribution >= 4 is 33.7 Å². The molecule has 20 heavy (non-hydrogen) atoms. The molecule has 2 rings (SSSR count). The van der Waals surface area contributed by atoms with Gasteiger partial charge in [-0.3, -0.25) is 10.1 Å². The second-order valence-electron chi connectivity index (χ2n) is 5.00. The largest absolute Gasteiger partial charge is 0.338 e. The maximum Gasteiger partial charge on any atom is 0.320 e. The van der Waals surface area contributed by atoms with Gasteiger partial charge in [0.1, 0.15) is 5.82 Å². The summed E-state index contributed by atoms with van der Waals surface area (Å²) in [6, 6.07) is 3.15. The van der Waals surface area contributed by atoms with Gasteiger partial charge in [0.15, 0.2) is 0 Å². The molecule has 6 nitrogen and oxygen atoms in total. The van der Waals surface area contributed by atoms with Gasteiger partial charge in [-0.25, -0.2) is 9.78 Å². The summed E-state index contributed by atoms with van der Waals surface area (Å²) < 4.78 is 0.845. The van der Waals surface area contributed by atoms with Crippen molar-refractivity contribution in [1.29, 1.82) is 0 Å². The number of hydrogen-bond donors (Lipinski definition) is 2. The molecular formula is C13H17BrN4O2. The first-order chi connectivity index (χ1) is 9.45. The minimum Gasteiger partial charge on any atom is -0.338 e. The summed E-state index contributed by atoms with van der Waals surface area (Å²) in [6.45, 7) is 4.48. The van der Waals surface area contributed by atoms with E-state index >= 15 is 0 Å². The Morgan fingerprint density at radius 1 is 1.50 bits per heavy atom. The lowest BCUT2D eigenvalue weighted by atomic mass is 10.2. The van der Waals surface area contributed by atoms with Gasteiger partial charge in [-0.15, -0.1) is 0 Å². The van der Waals surface area contributed by atoms with E-state index in [0.29, 0.717) is 18.8 Å². The highest BCUT2D eigenvalue weighted by atomic mass is 79.9. The molecule has 1 atom stereocenters. The molecule has 7 heteroatoms. The van der Waals surface area contributed by atoms with Crippen molar-refractivity contribution in [1.82, 2.24) is 15.2 Å². The Balaban J connectivity index is 1.86. The van der Waals surface area contributed by atoms with Crippen LogP contribution < -0.4 is 10.6 Å². The Morgan fingerprint density at radius 2 is 2.25 bits per heavy atom. The smallest absolute Gasteiger partial charge is 0.320 e. The topological polar surface area (TPSA) is 74.3 Å². The second-order valence-corrected chi connectivity index (χ2v) is 5.92. The molecule has 1 fully saturated rings. The number of carbonyl (C=O) groups is 2. The normalized spacial score (nSPS) is 18.5. The molecule has 0 aliphatic carbocycles. The average Bonchev–Trinajstić information content (AvgIpc) is 2.73. The quantitative estimate of drug-likeness (QED) is 0.883. The van der Waals surface area contributed by atoms with E-state index < -0.39 is 0 Å². The summed E-state index contributed by atoms with van der Waals surface area (Å²) in [5.41, 5.74) is 0. The Labute approximate surface area is 126 Å². The van der Waals surface area contributed by atoms with Gasteiger partial charge in [-0.2, -0.15) is 0 Å². The number of anilines is 1. The zero-order chi connectivity index (χ0) is 14.7. The van der Waals surface area contributed by atoms with E-state index in [-0.39, 0.29) is 24.0 Å². The van der Waals surface area contributed by atoms with Crippen LogP contribution in [0.5, 0.6) is 0 Å². The van der Waals surface area contributed by atoms with Crippen LogP contribution in [0.15, 0.2) is 22.8 Å². The summed E-state index contributed by atoms with van der Waals surface area (Å²) in [5.74, 6) is 0.544. The number of carbonyl (C=O) groups excluding carboxylic acids is 2. The fourth-order valence-electron chi connectivity index (χ4n) is 2.11. The molecule has 1 aliphatic heterocycles. The number of hydrogen-bond acceptors (Lipinski definition) is 3. The van der Waals surface area contributed by atoms with Crippen LogP contribution in [0.3, 0.4) is 0 Å². The van der Waals surface area contributed by atoms with E-state index in [1.165, 1.54) is 0 Å². The lowest BCUT2D eigenvalue weighted by Gasteiger charge is -2.21. The van der Waals surface area contributed by atoms with Crippen LogP contribution in [0, 0.1) is 0 Å². The molecular weight excluding hydrogens is 324 g/mol. The predicted octanol–water partition coefficient (Wildman–Crippen LogP) is 1.97. The molecule has 3 amide bonds. The van der Waals surface area contributed by atoms with E-state index in [2.05, 4.69) is 31.5 Å². The Kier molecular flexibility index (Phi) is 4.59. The third-order valence-electron chi connectivity index (χ3n) is 3.09. The van der Waals surface area contributed by atoms with Gasteiger partial charge in [0.25, 0.3) is 0 Å². The number of urea groups is 1. The first-order valence-electron chi connectivity index (χ1n) is 6.44. The van der Waals surface area contributed by atoms with Crippen LogP contribution in [-0.4, -0.2) is 40.5 Å². The van der Waals surface area contributed by atoms with Crippen LogP contribution >= 0.6 is 15.9 Å². The Bertz CT molecular complexity index is 504. The predicted molar refractivity (Wildman–Crippen MR) is 79.3 cm³/mol. The highest BCUT2D eigenvalue weighted by Crippen LogP contribution is 2.15. The van der Waals surface area contributed by atoms with Gasteiger partial charge in [0.05, 0.1) is 6.04 Å². The molecule has 108 valence electrons. The molecule has 2 heterocycles. The maximum atomic E-state index is 11.8. The SMILES string of the molecule is CC(C)N1CC(NC(=O)Nc2ccc(Br)cn2)CC1=O. The van der Waals surface area contributed by atoms with Crippen molar-refractivity contribution in [3.8, 4) is 0 Å². The lowest BCUT2D eigenvalue weighted by Crippen LogP contribution is -2.40. The molecule has 0 bridgehead atoms. The summed E-state index contributed by atoms with van der Waals surface area (Å²) in [7, 11) is 0. The van der Waals surface area contributed by atoms with Crippen LogP contribution in [0.1, 0.15) is 20.3 Å². The fraction of sp³-hybridized carbons (Fsp3) is 0.462. The highest BCUT2D eigenvalue weighted by molar-refractivity contribution is 9.10. The van der Waals surface area contributed by atoms with Crippen molar-refractivity contribution in [2.75, 3.05) is 11.9 Å². The number of aromatic nitrogens is 1. The van der Waals surface area contributed by atoms with Crippen LogP contribution in [0.4, 0.5) is 10.6 Å². The fourth-order valence-corrected chi connectivity index (χ4v) is 2.35. The summed E-state index contributed by atoms with van der Waals surface area (Å²) in [5, 5.41) is 5.44. The number of nitrogens with zero attached hydrogens (tertiary/aromatic N) is 2. The molecule has 1 aromatic heterocycles. The van der Waals surface area contributed by atoms with Gasteiger partial charge >= 0.3 is 6.03 Å². The molecule has 0 radical (unpaired) electrons. The van der Waals surface area contributed by atoms with Crippen molar-refractivity contribution in [2.24, 2.45) is 0 Å². The van der Waals surface area contributed by atoms with E-state index in [4.69, 9.17) is 0 Å². The van der Waals surface area contributed by atoms with E-state index in [1.54, 1.807) is 23.2 Å². The molecule has 1 aliphatic rings. The molecule has 0 spiro atoms. The molecule has 1 saturated heterocycles. The minimum atomic E-state index is -0.344. The second kappa shape index (κ2) is 6.21. The van der Waals surface area contributed by atoms with E-state index in [9.17, 15) is 9.59 Å². The Morgan fingerprint density at radius 3 is 2.80 bits per heavy atom. The van der Waals surface area contributed by atoms with Crippen LogP contribution in [-0.2, 0) is 4.79 Å². The van der Waals surface area contributed by atoms with Gasteiger partial charge in [-0.05, 0) is 41.9 Å². The monoisotopic (exact) mass is 340 g/mol. The number of pyridine rings is 1. The lowest BCUT2D eigenvalue weighted by molar-refractivity contribution is -0.129. The van der Waals surface area contributed by atoms with E-state index in [1.807, 2.05) is 13.8 Å². The number of amides is 3. The molecule has 0 aromatic carbocycles. The summed E-state index contributed by atoms with van der Waals surface area (Å²) in [6.07, 6.45) is 1.95. The standard InChI is InChI=1S/C13H17BrN4O2/c1-8(2)18-7-10(5-12(18)19)16-13(20)17-11-4-3-9(14)6-15-11/h3-4,6,8,10H,5,7H2,1-2H3,(H2,15,16,17,20). The van der Waals surface area contributed by atoms with Crippen LogP contribution in [0.2, 0.25) is 0 Å². The van der Waals surface area contributed by atoms with Gasteiger partial charge in [0, 0.05) is 29.7 Å². The number of nitrogens with one attached hydrogen (secondary N) is 2. The number of halogens is 1. The number of rotatable bonds is 3. The summed E-state index contributed by atoms with van der Waals surface area (Å²) in [4.78, 5) is 29.4. The van der Waals surface area contributed by atoms with Gasteiger partial charge in [0.2, 0.25) is 5.91 Å². The third kappa shape index (κ3) is 3.69. The average molecular weight is 341 g/mol. The van der Waals surface area contributed by atoms with Crippen molar-refractivity contribution in [3.63, 3.8) is 0 Å². The molecule has 2 N–H and O–H groups in total.